The van der Waals surface area contributed by atoms with Gasteiger partial charge in [0, 0.05) is 32.5 Å². The Morgan fingerprint density at radius 3 is 2.58 bits per heavy atom. The molecule has 1 aromatic carbocycles. The summed E-state index contributed by atoms with van der Waals surface area (Å²) in [5, 5.41) is 2.89. The lowest BCUT2D eigenvalue weighted by molar-refractivity contribution is -0.132. The Morgan fingerprint density at radius 2 is 1.88 bits per heavy atom. The van der Waals surface area contributed by atoms with Crippen molar-refractivity contribution in [3.63, 3.8) is 0 Å². The molecule has 6 heteroatoms. The molecule has 132 valence electrons. The zero-order valence-electron chi connectivity index (χ0n) is 14.6. The van der Waals surface area contributed by atoms with Gasteiger partial charge in [0.15, 0.2) is 11.5 Å². The number of fused-ring (bicyclic) bond motifs is 1. The predicted molar refractivity (Wildman–Crippen MR) is 90.7 cm³/mol. The van der Waals surface area contributed by atoms with Crippen LogP contribution in [0.3, 0.4) is 0 Å². The van der Waals surface area contributed by atoms with E-state index in [2.05, 4.69) is 5.32 Å². The van der Waals surface area contributed by atoms with Crippen molar-refractivity contribution in [1.82, 2.24) is 10.2 Å². The summed E-state index contributed by atoms with van der Waals surface area (Å²) in [5.74, 6) is 1.52. The van der Waals surface area contributed by atoms with Crippen LogP contribution >= 0.6 is 0 Å². The lowest BCUT2D eigenvalue weighted by Crippen LogP contribution is -2.32. The van der Waals surface area contributed by atoms with Crippen molar-refractivity contribution < 1.29 is 19.1 Å². The van der Waals surface area contributed by atoms with Gasteiger partial charge >= 0.3 is 0 Å². The normalized spacial score (nSPS) is 13.5. The van der Waals surface area contributed by atoms with Crippen molar-refractivity contribution >= 4 is 11.8 Å². The van der Waals surface area contributed by atoms with Gasteiger partial charge in [-0.25, -0.2) is 0 Å². The van der Waals surface area contributed by atoms with Crippen LogP contribution in [0.25, 0.3) is 0 Å². The number of carbonyl (C=O) groups is 2. The highest BCUT2D eigenvalue weighted by molar-refractivity contribution is 5.79. The second kappa shape index (κ2) is 8.57. The summed E-state index contributed by atoms with van der Waals surface area (Å²) >= 11 is 0. The van der Waals surface area contributed by atoms with E-state index >= 15 is 0 Å². The Labute approximate surface area is 143 Å². The summed E-state index contributed by atoms with van der Waals surface area (Å²) in [6.07, 6.45) is 0.747. The maximum atomic E-state index is 12.1. The molecule has 0 bridgehead atoms. The predicted octanol–water partition coefficient (Wildman–Crippen LogP) is 2.32. The maximum Gasteiger partial charge on any atom is 0.231 e. The second-order valence-corrected chi connectivity index (χ2v) is 6.04. The van der Waals surface area contributed by atoms with Crippen molar-refractivity contribution in [2.45, 2.75) is 40.2 Å². The maximum absolute atomic E-state index is 12.1. The fourth-order valence-corrected chi connectivity index (χ4v) is 2.72. The third kappa shape index (κ3) is 4.88. The van der Waals surface area contributed by atoms with Crippen LogP contribution in [0.1, 0.15) is 39.2 Å². The van der Waals surface area contributed by atoms with E-state index in [0.29, 0.717) is 38.2 Å². The SMILES string of the molecule is CCN(CC)C(=O)C[C@@H](C)CC(=O)NCc1ccc2c(c1)OCO2. The molecule has 1 heterocycles. The number of nitrogens with zero attached hydrogens (tertiary/aromatic N) is 1. The number of ether oxygens (including phenoxy) is 2. The molecule has 1 aliphatic rings. The molecular weight excluding hydrogens is 308 g/mol. The highest BCUT2D eigenvalue weighted by Gasteiger charge is 2.17. The Morgan fingerprint density at radius 1 is 1.17 bits per heavy atom. The molecule has 1 aliphatic heterocycles. The fourth-order valence-electron chi connectivity index (χ4n) is 2.72. The molecule has 1 N–H and O–H groups in total. The number of carbonyl (C=O) groups excluding carboxylic acids is 2. The number of hydrogen-bond acceptors (Lipinski definition) is 4. The minimum absolute atomic E-state index is 0.0230. The molecule has 6 nitrogen and oxygen atoms in total. The van der Waals surface area contributed by atoms with Gasteiger partial charge in [0.05, 0.1) is 0 Å². The lowest BCUT2D eigenvalue weighted by atomic mass is 10.0. The van der Waals surface area contributed by atoms with Crippen molar-refractivity contribution in [3.8, 4) is 11.5 Å². The molecule has 0 fully saturated rings. The Bertz CT molecular complexity index is 584. The van der Waals surface area contributed by atoms with Gasteiger partial charge in [-0.05, 0) is 37.5 Å². The van der Waals surface area contributed by atoms with E-state index in [4.69, 9.17) is 9.47 Å². The minimum atomic E-state index is -0.0486. The summed E-state index contributed by atoms with van der Waals surface area (Å²) in [6.45, 7) is 7.95. The van der Waals surface area contributed by atoms with E-state index in [-0.39, 0.29) is 24.5 Å². The largest absolute Gasteiger partial charge is 0.454 e. The van der Waals surface area contributed by atoms with E-state index < -0.39 is 0 Å². The van der Waals surface area contributed by atoms with Gasteiger partial charge in [-0.1, -0.05) is 13.0 Å². The molecule has 1 atom stereocenters. The lowest BCUT2D eigenvalue weighted by Gasteiger charge is -2.20. The minimum Gasteiger partial charge on any atom is -0.454 e. The first-order valence-electron chi connectivity index (χ1n) is 8.46. The van der Waals surface area contributed by atoms with Crippen molar-refractivity contribution in [2.24, 2.45) is 5.92 Å². The molecule has 2 amide bonds. The first-order chi connectivity index (χ1) is 11.5. The number of rotatable bonds is 8. The van der Waals surface area contributed by atoms with Gasteiger partial charge in [-0.2, -0.15) is 0 Å². The molecule has 2 rings (SSSR count). The van der Waals surface area contributed by atoms with Crippen molar-refractivity contribution in [2.75, 3.05) is 19.9 Å². The van der Waals surface area contributed by atoms with Crippen molar-refractivity contribution in [1.29, 1.82) is 0 Å². The van der Waals surface area contributed by atoms with E-state index in [1.165, 1.54) is 0 Å². The van der Waals surface area contributed by atoms with Crippen LogP contribution in [0, 0.1) is 5.92 Å². The highest BCUT2D eigenvalue weighted by Crippen LogP contribution is 2.32. The summed E-state index contributed by atoms with van der Waals surface area (Å²) in [5.41, 5.74) is 0.958. The molecule has 0 spiro atoms. The summed E-state index contributed by atoms with van der Waals surface area (Å²) in [6, 6.07) is 5.62. The Balaban J connectivity index is 1.75. The van der Waals surface area contributed by atoms with Gasteiger partial charge in [0.25, 0.3) is 0 Å². The standard InChI is InChI=1S/C18H26N2O4/c1-4-20(5-2)18(22)9-13(3)8-17(21)19-11-14-6-7-15-16(10-14)24-12-23-15/h6-7,10,13H,4-5,8-9,11-12H2,1-3H3,(H,19,21)/t13-/m0/s1. The third-order valence-corrected chi connectivity index (χ3v) is 4.10. The van der Waals surface area contributed by atoms with Gasteiger partial charge in [0.2, 0.25) is 18.6 Å². The molecule has 0 saturated carbocycles. The second-order valence-electron chi connectivity index (χ2n) is 6.04. The van der Waals surface area contributed by atoms with Crippen LogP contribution in [0.2, 0.25) is 0 Å². The van der Waals surface area contributed by atoms with E-state index in [1.54, 1.807) is 4.90 Å². The fraction of sp³-hybridized carbons (Fsp3) is 0.556. The topological polar surface area (TPSA) is 67.9 Å². The zero-order valence-corrected chi connectivity index (χ0v) is 14.6. The van der Waals surface area contributed by atoms with Crippen molar-refractivity contribution in [3.05, 3.63) is 23.8 Å². The molecule has 24 heavy (non-hydrogen) atoms. The molecule has 0 aliphatic carbocycles. The molecule has 0 aromatic heterocycles. The Kier molecular flexibility index (Phi) is 6.46. The summed E-state index contributed by atoms with van der Waals surface area (Å²) in [7, 11) is 0. The van der Waals surface area contributed by atoms with Gasteiger partial charge < -0.3 is 19.7 Å². The first-order valence-corrected chi connectivity index (χ1v) is 8.46. The molecule has 0 radical (unpaired) electrons. The molecular formula is C18H26N2O4. The van der Waals surface area contributed by atoms with Crippen LogP contribution in [-0.2, 0) is 16.1 Å². The summed E-state index contributed by atoms with van der Waals surface area (Å²) in [4.78, 5) is 25.9. The monoisotopic (exact) mass is 334 g/mol. The molecule has 1 aromatic rings. The quantitative estimate of drug-likeness (QED) is 0.792. The zero-order chi connectivity index (χ0) is 17.5. The van der Waals surface area contributed by atoms with Gasteiger partial charge in [0.1, 0.15) is 0 Å². The number of benzene rings is 1. The van der Waals surface area contributed by atoms with E-state index in [9.17, 15) is 9.59 Å². The Hall–Kier alpha value is -2.24. The number of hydrogen-bond donors (Lipinski definition) is 1. The third-order valence-electron chi connectivity index (χ3n) is 4.10. The van der Waals surface area contributed by atoms with E-state index in [0.717, 1.165) is 11.3 Å². The van der Waals surface area contributed by atoms with Crippen LogP contribution < -0.4 is 14.8 Å². The number of amides is 2. The van der Waals surface area contributed by atoms with Crippen LogP contribution in [0.15, 0.2) is 18.2 Å². The van der Waals surface area contributed by atoms with Gasteiger partial charge in [-0.3, -0.25) is 9.59 Å². The van der Waals surface area contributed by atoms with Gasteiger partial charge in [-0.15, -0.1) is 0 Å². The van der Waals surface area contributed by atoms with E-state index in [1.807, 2.05) is 39.0 Å². The molecule has 0 saturated heterocycles. The molecule has 0 unspecified atom stereocenters. The van der Waals surface area contributed by atoms with Crippen LogP contribution in [0.5, 0.6) is 11.5 Å². The average Bonchev–Trinajstić information content (AvgIpc) is 3.01. The highest BCUT2D eigenvalue weighted by atomic mass is 16.7. The first kappa shape index (κ1) is 18.1. The average molecular weight is 334 g/mol. The van der Waals surface area contributed by atoms with Crippen LogP contribution in [0.4, 0.5) is 0 Å². The smallest absolute Gasteiger partial charge is 0.231 e. The van der Waals surface area contributed by atoms with Crippen LogP contribution in [-0.4, -0.2) is 36.6 Å². The summed E-state index contributed by atoms with van der Waals surface area (Å²) < 4.78 is 10.6. The number of nitrogens with one attached hydrogen (secondary N) is 1.